The molecule has 1 amide bonds. The smallest absolute Gasteiger partial charge is 0.224 e. The maximum Gasteiger partial charge on any atom is 0.224 e. The van der Waals surface area contributed by atoms with Crippen LogP contribution in [0.2, 0.25) is 0 Å². The van der Waals surface area contributed by atoms with Crippen molar-refractivity contribution in [3.05, 3.63) is 60.2 Å². The van der Waals surface area contributed by atoms with Crippen LogP contribution in [0, 0.1) is 0 Å². The van der Waals surface area contributed by atoms with Gasteiger partial charge in [-0.3, -0.25) is 4.79 Å². The summed E-state index contributed by atoms with van der Waals surface area (Å²) < 4.78 is 0. The third kappa shape index (κ3) is 5.12. The highest BCUT2D eigenvalue weighted by Gasteiger charge is 2.12. The molecule has 126 valence electrons. The van der Waals surface area contributed by atoms with E-state index in [-0.39, 0.29) is 5.91 Å². The lowest BCUT2D eigenvalue weighted by atomic mass is 9.95. The average Bonchev–Trinajstić information content (AvgIpc) is 2.63. The van der Waals surface area contributed by atoms with Gasteiger partial charge in [0.1, 0.15) is 0 Å². The Morgan fingerprint density at radius 3 is 2.25 bits per heavy atom. The minimum atomic E-state index is 0.0619. The number of amides is 1. The number of hydrogen-bond donors (Lipinski definition) is 2. The topological polar surface area (TPSA) is 41.1 Å². The van der Waals surface area contributed by atoms with Crippen molar-refractivity contribution in [2.24, 2.45) is 0 Å². The largest absolute Gasteiger partial charge is 0.382 e. The standard InChI is InChI=1S/C21H26N2O/c24-21(16-11-17-7-3-1-4-8-17)23-20-14-12-19(13-15-20)22-18-9-5-2-6-10-18/h1,3-4,7-8,12-15,18,22H,2,5-6,9-11,16H2,(H,23,24). The zero-order chi connectivity index (χ0) is 16.6. The van der Waals surface area contributed by atoms with Gasteiger partial charge in [-0.2, -0.15) is 0 Å². The van der Waals surface area contributed by atoms with Crippen molar-refractivity contribution < 1.29 is 4.79 Å². The van der Waals surface area contributed by atoms with Crippen molar-refractivity contribution >= 4 is 17.3 Å². The highest BCUT2D eigenvalue weighted by molar-refractivity contribution is 5.91. The molecule has 24 heavy (non-hydrogen) atoms. The molecule has 1 fully saturated rings. The fraction of sp³-hybridized carbons (Fsp3) is 0.381. The van der Waals surface area contributed by atoms with Gasteiger partial charge in [0.05, 0.1) is 0 Å². The molecule has 0 aliphatic heterocycles. The second kappa shape index (κ2) is 8.53. The monoisotopic (exact) mass is 322 g/mol. The van der Waals surface area contributed by atoms with Crippen LogP contribution >= 0.6 is 0 Å². The lowest BCUT2D eigenvalue weighted by Crippen LogP contribution is -2.22. The first-order chi connectivity index (χ1) is 11.8. The summed E-state index contributed by atoms with van der Waals surface area (Å²) >= 11 is 0. The van der Waals surface area contributed by atoms with Crippen LogP contribution in [0.25, 0.3) is 0 Å². The fourth-order valence-corrected chi connectivity index (χ4v) is 3.26. The van der Waals surface area contributed by atoms with Crippen LogP contribution in [0.1, 0.15) is 44.1 Å². The lowest BCUT2D eigenvalue weighted by molar-refractivity contribution is -0.116. The summed E-state index contributed by atoms with van der Waals surface area (Å²) in [5, 5.41) is 6.57. The van der Waals surface area contributed by atoms with Gasteiger partial charge in [-0.1, -0.05) is 49.6 Å². The highest BCUT2D eigenvalue weighted by Crippen LogP contribution is 2.22. The average molecular weight is 322 g/mol. The summed E-state index contributed by atoms with van der Waals surface area (Å²) in [6, 6.07) is 18.8. The normalized spacial score (nSPS) is 15.0. The van der Waals surface area contributed by atoms with E-state index in [2.05, 4.69) is 34.9 Å². The van der Waals surface area contributed by atoms with Crippen molar-refractivity contribution in [2.75, 3.05) is 10.6 Å². The SMILES string of the molecule is O=C(CCc1ccccc1)Nc1ccc(NC2CCCCC2)cc1. The molecule has 0 atom stereocenters. The molecule has 3 heteroatoms. The molecule has 2 N–H and O–H groups in total. The molecule has 0 aromatic heterocycles. The molecule has 1 saturated carbocycles. The third-order valence-electron chi connectivity index (χ3n) is 4.63. The summed E-state index contributed by atoms with van der Waals surface area (Å²) in [6.07, 6.45) is 7.82. The first-order valence-corrected chi connectivity index (χ1v) is 9.00. The van der Waals surface area contributed by atoms with Crippen molar-refractivity contribution in [1.29, 1.82) is 0 Å². The van der Waals surface area contributed by atoms with Gasteiger partial charge >= 0.3 is 0 Å². The summed E-state index contributed by atoms with van der Waals surface area (Å²) in [4.78, 5) is 12.1. The molecule has 0 heterocycles. The lowest BCUT2D eigenvalue weighted by Gasteiger charge is -2.23. The highest BCUT2D eigenvalue weighted by atomic mass is 16.1. The Morgan fingerprint density at radius 2 is 1.54 bits per heavy atom. The number of carbonyl (C=O) groups excluding carboxylic acids is 1. The summed E-state index contributed by atoms with van der Waals surface area (Å²) in [6.45, 7) is 0. The summed E-state index contributed by atoms with van der Waals surface area (Å²) in [7, 11) is 0. The Kier molecular flexibility index (Phi) is 5.89. The van der Waals surface area contributed by atoms with E-state index in [0.29, 0.717) is 12.5 Å². The Labute approximate surface area is 144 Å². The van der Waals surface area contributed by atoms with E-state index < -0.39 is 0 Å². The molecular formula is C21H26N2O. The molecular weight excluding hydrogens is 296 g/mol. The number of hydrogen-bond acceptors (Lipinski definition) is 2. The van der Waals surface area contributed by atoms with Gasteiger partial charge < -0.3 is 10.6 Å². The Balaban J connectivity index is 1.45. The number of carbonyl (C=O) groups is 1. The molecule has 0 spiro atoms. The second-order valence-electron chi connectivity index (χ2n) is 6.59. The molecule has 2 aromatic carbocycles. The van der Waals surface area contributed by atoms with Gasteiger partial charge in [-0.25, -0.2) is 0 Å². The van der Waals surface area contributed by atoms with Crippen molar-refractivity contribution in [3.8, 4) is 0 Å². The van der Waals surface area contributed by atoms with Gasteiger partial charge in [-0.15, -0.1) is 0 Å². The van der Waals surface area contributed by atoms with E-state index in [4.69, 9.17) is 0 Å². The van der Waals surface area contributed by atoms with Gasteiger partial charge in [0, 0.05) is 23.8 Å². The zero-order valence-electron chi connectivity index (χ0n) is 14.1. The molecule has 1 aliphatic rings. The van der Waals surface area contributed by atoms with E-state index in [9.17, 15) is 4.79 Å². The zero-order valence-corrected chi connectivity index (χ0v) is 14.1. The van der Waals surface area contributed by atoms with E-state index in [1.807, 2.05) is 30.3 Å². The Hall–Kier alpha value is -2.29. The molecule has 0 bridgehead atoms. The van der Waals surface area contributed by atoms with E-state index in [0.717, 1.165) is 17.8 Å². The van der Waals surface area contributed by atoms with Gasteiger partial charge in [0.2, 0.25) is 5.91 Å². The van der Waals surface area contributed by atoms with Gasteiger partial charge in [0.15, 0.2) is 0 Å². The maximum atomic E-state index is 12.1. The minimum Gasteiger partial charge on any atom is -0.382 e. The second-order valence-corrected chi connectivity index (χ2v) is 6.59. The Bertz CT molecular complexity index is 631. The van der Waals surface area contributed by atoms with Gasteiger partial charge in [-0.05, 0) is 49.1 Å². The molecule has 3 rings (SSSR count). The number of aryl methyl sites for hydroxylation is 1. The number of nitrogens with one attached hydrogen (secondary N) is 2. The molecule has 2 aromatic rings. The molecule has 0 unspecified atom stereocenters. The van der Waals surface area contributed by atoms with Crippen molar-refractivity contribution in [2.45, 2.75) is 51.0 Å². The maximum absolute atomic E-state index is 12.1. The van der Waals surface area contributed by atoms with Crippen LogP contribution < -0.4 is 10.6 Å². The minimum absolute atomic E-state index is 0.0619. The first kappa shape index (κ1) is 16.6. The van der Waals surface area contributed by atoms with Crippen LogP contribution in [0.15, 0.2) is 54.6 Å². The number of benzene rings is 2. The van der Waals surface area contributed by atoms with Crippen LogP contribution in [-0.2, 0) is 11.2 Å². The number of rotatable bonds is 6. The quantitative estimate of drug-likeness (QED) is 0.785. The van der Waals surface area contributed by atoms with Crippen molar-refractivity contribution in [1.82, 2.24) is 0 Å². The molecule has 3 nitrogen and oxygen atoms in total. The van der Waals surface area contributed by atoms with Crippen molar-refractivity contribution in [3.63, 3.8) is 0 Å². The third-order valence-corrected chi connectivity index (χ3v) is 4.63. The van der Waals surface area contributed by atoms with E-state index in [1.165, 1.54) is 37.7 Å². The van der Waals surface area contributed by atoms with Crippen LogP contribution in [0.5, 0.6) is 0 Å². The predicted molar refractivity (Wildman–Crippen MR) is 100 cm³/mol. The van der Waals surface area contributed by atoms with Crippen LogP contribution in [-0.4, -0.2) is 11.9 Å². The fourth-order valence-electron chi connectivity index (χ4n) is 3.26. The first-order valence-electron chi connectivity index (χ1n) is 9.00. The van der Waals surface area contributed by atoms with Crippen LogP contribution in [0.4, 0.5) is 11.4 Å². The molecule has 0 saturated heterocycles. The molecule has 1 aliphatic carbocycles. The predicted octanol–water partition coefficient (Wildman–Crippen LogP) is 5.00. The van der Waals surface area contributed by atoms with E-state index >= 15 is 0 Å². The Morgan fingerprint density at radius 1 is 0.875 bits per heavy atom. The molecule has 0 radical (unpaired) electrons. The van der Waals surface area contributed by atoms with Gasteiger partial charge in [0.25, 0.3) is 0 Å². The summed E-state index contributed by atoms with van der Waals surface area (Å²) in [5.41, 5.74) is 3.20. The van der Waals surface area contributed by atoms with Crippen LogP contribution in [0.3, 0.4) is 0 Å². The number of anilines is 2. The van der Waals surface area contributed by atoms with E-state index in [1.54, 1.807) is 0 Å². The summed E-state index contributed by atoms with van der Waals surface area (Å²) in [5.74, 6) is 0.0619.